The summed E-state index contributed by atoms with van der Waals surface area (Å²) in [6.45, 7) is 9.03. The number of hydrogen-bond donors (Lipinski definition) is 0. The number of anilines is 1. The molecule has 7 nitrogen and oxygen atoms in total. The van der Waals surface area contributed by atoms with Crippen LogP contribution in [0.1, 0.15) is 42.1 Å². The second-order valence-corrected chi connectivity index (χ2v) is 10.0. The second kappa shape index (κ2) is 9.57. The number of nitrogens with zero attached hydrogens (tertiary/aromatic N) is 6. The van der Waals surface area contributed by atoms with E-state index in [0.717, 1.165) is 63.5 Å². The van der Waals surface area contributed by atoms with Gasteiger partial charge < -0.3 is 14.7 Å². The van der Waals surface area contributed by atoms with Gasteiger partial charge in [-0.3, -0.25) is 9.69 Å². The highest BCUT2D eigenvalue weighted by Gasteiger charge is 2.35. The SMILES string of the molecule is C[C@@H]1CCc2ncnc(N3CCN(C(=O)C(c4ccc(Cl)cc4)N4CCN(C)CC4)CC3)c21. The lowest BCUT2D eigenvalue weighted by molar-refractivity contribution is -0.138. The normalized spacial score (nSPS) is 22.9. The van der Waals surface area contributed by atoms with Gasteiger partial charge in [0.1, 0.15) is 18.2 Å². The number of amides is 1. The zero-order chi connectivity index (χ0) is 22.9. The molecule has 1 unspecified atom stereocenters. The molecule has 1 amide bonds. The van der Waals surface area contributed by atoms with E-state index >= 15 is 0 Å². The van der Waals surface area contributed by atoms with Crippen LogP contribution in [0.25, 0.3) is 0 Å². The van der Waals surface area contributed by atoms with E-state index in [-0.39, 0.29) is 11.9 Å². The maximum atomic E-state index is 13.8. The number of rotatable bonds is 4. The first-order valence-corrected chi connectivity index (χ1v) is 12.4. The summed E-state index contributed by atoms with van der Waals surface area (Å²) in [6.07, 6.45) is 3.89. The first-order valence-electron chi connectivity index (χ1n) is 12.1. The lowest BCUT2D eigenvalue weighted by Gasteiger charge is -2.42. The van der Waals surface area contributed by atoms with Crippen molar-refractivity contribution >= 4 is 23.3 Å². The number of hydrogen-bond acceptors (Lipinski definition) is 6. The third-order valence-electron chi connectivity index (χ3n) is 7.47. The van der Waals surface area contributed by atoms with Crippen LogP contribution in [0.5, 0.6) is 0 Å². The maximum absolute atomic E-state index is 13.8. The number of fused-ring (bicyclic) bond motifs is 1. The fourth-order valence-corrected chi connectivity index (χ4v) is 5.55. The van der Waals surface area contributed by atoms with Crippen LogP contribution in [0.3, 0.4) is 0 Å². The second-order valence-electron chi connectivity index (χ2n) is 9.60. The molecule has 1 aromatic carbocycles. The molecule has 8 heteroatoms. The van der Waals surface area contributed by atoms with E-state index in [1.54, 1.807) is 6.33 Å². The van der Waals surface area contributed by atoms with Gasteiger partial charge in [0, 0.05) is 68.6 Å². The Bertz CT molecular complexity index is 983. The van der Waals surface area contributed by atoms with Crippen molar-refractivity contribution in [2.75, 3.05) is 64.3 Å². The molecule has 176 valence electrons. The van der Waals surface area contributed by atoms with Crippen molar-refractivity contribution in [1.82, 2.24) is 24.7 Å². The lowest BCUT2D eigenvalue weighted by Crippen LogP contribution is -2.54. The highest BCUT2D eigenvalue weighted by Crippen LogP contribution is 2.37. The first kappa shape index (κ1) is 22.6. The number of aromatic nitrogens is 2. The summed E-state index contributed by atoms with van der Waals surface area (Å²) >= 11 is 6.14. The summed E-state index contributed by atoms with van der Waals surface area (Å²) in [7, 11) is 2.14. The summed E-state index contributed by atoms with van der Waals surface area (Å²) in [5, 5.41) is 0.698. The van der Waals surface area contributed by atoms with Crippen molar-refractivity contribution in [2.24, 2.45) is 0 Å². The highest BCUT2D eigenvalue weighted by molar-refractivity contribution is 6.30. The molecule has 2 fully saturated rings. The summed E-state index contributed by atoms with van der Waals surface area (Å²) < 4.78 is 0. The van der Waals surface area contributed by atoms with Crippen LogP contribution in [0, 0.1) is 0 Å². The fourth-order valence-electron chi connectivity index (χ4n) is 5.42. The van der Waals surface area contributed by atoms with Gasteiger partial charge >= 0.3 is 0 Å². The van der Waals surface area contributed by atoms with Gasteiger partial charge in [0.05, 0.1) is 0 Å². The van der Waals surface area contributed by atoms with Crippen molar-refractivity contribution < 1.29 is 4.79 Å². The Labute approximate surface area is 201 Å². The molecule has 2 saturated heterocycles. The Balaban J connectivity index is 1.32. The van der Waals surface area contributed by atoms with E-state index in [1.807, 2.05) is 29.2 Å². The number of likely N-dealkylation sites (N-methyl/N-ethyl adjacent to an activating group) is 1. The van der Waals surface area contributed by atoms with Gasteiger partial charge in [0.15, 0.2) is 0 Å². The minimum Gasteiger partial charge on any atom is -0.353 e. The molecule has 2 aromatic rings. The Morgan fingerprint density at radius 3 is 2.39 bits per heavy atom. The molecule has 2 aliphatic heterocycles. The van der Waals surface area contributed by atoms with Crippen LogP contribution in [0.4, 0.5) is 5.82 Å². The highest BCUT2D eigenvalue weighted by atomic mass is 35.5. The van der Waals surface area contributed by atoms with Crippen molar-refractivity contribution in [3.8, 4) is 0 Å². The van der Waals surface area contributed by atoms with Crippen LogP contribution in [-0.4, -0.2) is 90.0 Å². The molecular weight excluding hydrogens is 436 g/mol. The van der Waals surface area contributed by atoms with E-state index in [0.29, 0.717) is 24.0 Å². The molecule has 33 heavy (non-hydrogen) atoms. The molecule has 0 spiro atoms. The third kappa shape index (κ3) is 4.59. The van der Waals surface area contributed by atoms with Gasteiger partial charge in [-0.1, -0.05) is 30.7 Å². The minimum atomic E-state index is -0.258. The van der Waals surface area contributed by atoms with E-state index in [9.17, 15) is 4.79 Å². The Hall–Kier alpha value is -2.22. The van der Waals surface area contributed by atoms with Crippen LogP contribution in [0.15, 0.2) is 30.6 Å². The number of piperazine rings is 2. The minimum absolute atomic E-state index is 0.197. The van der Waals surface area contributed by atoms with Gasteiger partial charge in [-0.25, -0.2) is 9.97 Å². The fraction of sp³-hybridized carbons (Fsp3) is 0.560. The van der Waals surface area contributed by atoms with Crippen molar-refractivity contribution in [2.45, 2.75) is 31.7 Å². The van der Waals surface area contributed by atoms with E-state index < -0.39 is 0 Å². The van der Waals surface area contributed by atoms with E-state index in [4.69, 9.17) is 11.6 Å². The van der Waals surface area contributed by atoms with Crippen molar-refractivity contribution in [3.63, 3.8) is 0 Å². The first-order chi connectivity index (χ1) is 16.0. The lowest BCUT2D eigenvalue weighted by atomic mass is 10.0. The molecule has 0 bridgehead atoms. The van der Waals surface area contributed by atoms with Crippen molar-refractivity contribution in [3.05, 3.63) is 52.4 Å². The number of carbonyl (C=O) groups is 1. The van der Waals surface area contributed by atoms with Crippen molar-refractivity contribution in [1.29, 1.82) is 0 Å². The predicted octanol–water partition coefficient (Wildman–Crippen LogP) is 2.82. The van der Waals surface area contributed by atoms with E-state index in [2.05, 4.69) is 38.6 Å². The molecular formula is C25H33ClN6O. The summed E-state index contributed by atoms with van der Waals surface area (Å²) in [5.41, 5.74) is 3.54. The summed E-state index contributed by atoms with van der Waals surface area (Å²) in [5.74, 6) is 1.77. The topological polar surface area (TPSA) is 55.8 Å². The molecule has 2 atom stereocenters. The Morgan fingerprint density at radius 2 is 1.70 bits per heavy atom. The van der Waals surface area contributed by atoms with Crippen LogP contribution < -0.4 is 4.90 Å². The average molecular weight is 469 g/mol. The summed E-state index contributed by atoms with van der Waals surface area (Å²) in [4.78, 5) is 32.0. The van der Waals surface area contributed by atoms with Crippen LogP contribution >= 0.6 is 11.6 Å². The third-order valence-corrected chi connectivity index (χ3v) is 7.72. The predicted molar refractivity (Wildman–Crippen MR) is 131 cm³/mol. The molecule has 0 radical (unpaired) electrons. The van der Waals surface area contributed by atoms with Gasteiger partial charge in [0.25, 0.3) is 0 Å². The zero-order valence-corrected chi connectivity index (χ0v) is 20.3. The van der Waals surface area contributed by atoms with Crippen LogP contribution in [0.2, 0.25) is 5.02 Å². The molecule has 1 aromatic heterocycles. The molecule has 5 rings (SSSR count). The Morgan fingerprint density at radius 1 is 1.00 bits per heavy atom. The molecule has 0 N–H and O–H groups in total. The smallest absolute Gasteiger partial charge is 0.244 e. The van der Waals surface area contributed by atoms with Crippen LogP contribution in [-0.2, 0) is 11.2 Å². The number of benzene rings is 1. The molecule has 3 aliphatic rings. The van der Waals surface area contributed by atoms with E-state index in [1.165, 1.54) is 11.3 Å². The quantitative estimate of drug-likeness (QED) is 0.687. The largest absolute Gasteiger partial charge is 0.353 e. The number of aryl methyl sites for hydroxylation is 1. The Kier molecular flexibility index (Phi) is 6.54. The zero-order valence-electron chi connectivity index (χ0n) is 19.6. The number of halogens is 1. The average Bonchev–Trinajstić information content (AvgIpc) is 3.23. The maximum Gasteiger partial charge on any atom is 0.244 e. The number of carbonyl (C=O) groups excluding carboxylic acids is 1. The molecule has 3 heterocycles. The van der Waals surface area contributed by atoms with Gasteiger partial charge in [-0.15, -0.1) is 0 Å². The van der Waals surface area contributed by atoms with Gasteiger partial charge in [-0.05, 0) is 43.5 Å². The van der Waals surface area contributed by atoms with Gasteiger partial charge in [-0.2, -0.15) is 0 Å². The molecule has 0 saturated carbocycles. The standard InChI is InChI=1S/C25H33ClN6O/c1-18-3-8-21-22(18)24(28-17-27-21)31-13-15-32(16-14-31)25(33)23(19-4-6-20(26)7-5-19)30-11-9-29(2)10-12-30/h4-7,17-18,23H,3,8-16H2,1-2H3/t18-,23?/m1/s1. The summed E-state index contributed by atoms with van der Waals surface area (Å²) in [6, 6.07) is 7.53. The molecule has 1 aliphatic carbocycles. The monoisotopic (exact) mass is 468 g/mol. The van der Waals surface area contributed by atoms with Gasteiger partial charge in [0.2, 0.25) is 5.91 Å².